The highest BCUT2D eigenvalue weighted by Crippen LogP contribution is 2.13. The van der Waals surface area contributed by atoms with Gasteiger partial charge in [-0.3, -0.25) is 4.39 Å². The molecule has 0 amide bonds. The van der Waals surface area contributed by atoms with Crippen molar-refractivity contribution in [2.75, 3.05) is 19.9 Å². The molecule has 0 bridgehead atoms. The van der Waals surface area contributed by atoms with E-state index in [9.17, 15) is 4.39 Å². The molecule has 134 valence electrons. The summed E-state index contributed by atoms with van der Waals surface area (Å²) in [7, 11) is 0. The van der Waals surface area contributed by atoms with Crippen LogP contribution >= 0.6 is 0 Å². The van der Waals surface area contributed by atoms with Gasteiger partial charge in [0.25, 0.3) is 0 Å². The summed E-state index contributed by atoms with van der Waals surface area (Å²) in [5, 5.41) is 0. The fourth-order valence-corrected chi connectivity index (χ4v) is 2.92. The molecule has 0 aromatic rings. The van der Waals surface area contributed by atoms with Gasteiger partial charge in [0.2, 0.25) is 0 Å². The molecule has 0 unspecified atom stereocenters. The Morgan fingerprint density at radius 3 is 1.14 bits per heavy atom. The van der Waals surface area contributed by atoms with Crippen LogP contribution in [0.1, 0.15) is 110 Å². The van der Waals surface area contributed by atoms with Crippen molar-refractivity contribution in [3.05, 3.63) is 0 Å². The first-order valence-electron chi connectivity index (χ1n) is 10.1. The zero-order chi connectivity index (χ0) is 16.1. The van der Waals surface area contributed by atoms with Crippen LogP contribution in [0.2, 0.25) is 0 Å². The van der Waals surface area contributed by atoms with Gasteiger partial charge in [-0.25, -0.2) is 0 Å². The van der Waals surface area contributed by atoms with Gasteiger partial charge in [-0.2, -0.15) is 0 Å². The van der Waals surface area contributed by atoms with E-state index < -0.39 is 0 Å². The molecule has 0 aliphatic rings. The molecular weight excluding hydrogens is 275 g/mol. The van der Waals surface area contributed by atoms with Crippen LogP contribution in [-0.2, 0) is 4.74 Å². The zero-order valence-corrected chi connectivity index (χ0v) is 15.2. The molecule has 0 aliphatic heterocycles. The normalized spacial score (nSPS) is 11.2. The monoisotopic (exact) mass is 316 g/mol. The lowest BCUT2D eigenvalue weighted by atomic mass is 10.0. The van der Waals surface area contributed by atoms with Gasteiger partial charge in [0.15, 0.2) is 0 Å². The molecule has 22 heavy (non-hydrogen) atoms. The first kappa shape index (κ1) is 21.9. The molecule has 0 aromatic heterocycles. The maximum Gasteiger partial charge on any atom is 0.0894 e. The summed E-state index contributed by atoms with van der Waals surface area (Å²) in [6.45, 7) is 3.74. The fourth-order valence-electron chi connectivity index (χ4n) is 2.92. The van der Waals surface area contributed by atoms with Crippen molar-refractivity contribution in [3.63, 3.8) is 0 Å². The van der Waals surface area contributed by atoms with Crippen molar-refractivity contribution in [1.82, 2.24) is 0 Å². The Morgan fingerprint density at radius 2 is 0.818 bits per heavy atom. The van der Waals surface area contributed by atoms with E-state index in [0.717, 1.165) is 26.1 Å². The Hall–Kier alpha value is -0.110. The number of hydrogen-bond donors (Lipinski definition) is 0. The summed E-state index contributed by atoms with van der Waals surface area (Å²) in [4.78, 5) is 0. The second kappa shape index (κ2) is 20.9. The summed E-state index contributed by atoms with van der Waals surface area (Å²) in [5.74, 6) is 0. The van der Waals surface area contributed by atoms with E-state index in [4.69, 9.17) is 4.74 Å². The molecule has 0 heterocycles. The fraction of sp³-hybridized carbons (Fsp3) is 1.00. The smallest absolute Gasteiger partial charge is 0.0894 e. The minimum atomic E-state index is -0.132. The van der Waals surface area contributed by atoms with Crippen molar-refractivity contribution >= 4 is 0 Å². The maximum absolute atomic E-state index is 11.9. The molecule has 0 saturated heterocycles. The molecule has 0 spiro atoms. The standard InChI is InChI=1S/C20H41FO/c1-2-22-20-18-16-14-12-10-8-6-4-3-5-7-9-11-13-15-17-19-21/h2-20H2,1H3. The molecule has 0 aliphatic carbocycles. The average Bonchev–Trinajstić information content (AvgIpc) is 2.54. The van der Waals surface area contributed by atoms with Gasteiger partial charge >= 0.3 is 0 Å². The van der Waals surface area contributed by atoms with E-state index in [1.807, 2.05) is 0 Å². The number of hydrogen-bond acceptors (Lipinski definition) is 1. The highest BCUT2D eigenvalue weighted by Gasteiger charge is 1.95. The molecule has 0 fully saturated rings. The lowest BCUT2D eigenvalue weighted by Crippen LogP contribution is -1.92. The minimum absolute atomic E-state index is 0.132. The topological polar surface area (TPSA) is 9.23 Å². The highest BCUT2D eigenvalue weighted by molar-refractivity contribution is 4.50. The van der Waals surface area contributed by atoms with Crippen LogP contribution in [0.5, 0.6) is 0 Å². The number of alkyl halides is 1. The van der Waals surface area contributed by atoms with Crippen LogP contribution in [0.25, 0.3) is 0 Å². The Labute approximate surface area is 139 Å². The van der Waals surface area contributed by atoms with Crippen LogP contribution in [0.3, 0.4) is 0 Å². The summed E-state index contributed by atoms with van der Waals surface area (Å²) in [6, 6.07) is 0. The van der Waals surface area contributed by atoms with Gasteiger partial charge in [-0.05, 0) is 19.8 Å². The highest BCUT2D eigenvalue weighted by atomic mass is 19.1. The van der Waals surface area contributed by atoms with Gasteiger partial charge in [-0.15, -0.1) is 0 Å². The number of unbranched alkanes of at least 4 members (excludes halogenated alkanes) is 15. The van der Waals surface area contributed by atoms with Crippen LogP contribution in [-0.4, -0.2) is 19.9 Å². The first-order chi connectivity index (χ1) is 10.9. The van der Waals surface area contributed by atoms with Crippen molar-refractivity contribution in [2.45, 2.75) is 110 Å². The first-order valence-corrected chi connectivity index (χ1v) is 10.1. The van der Waals surface area contributed by atoms with Crippen molar-refractivity contribution in [3.8, 4) is 0 Å². The van der Waals surface area contributed by atoms with E-state index in [2.05, 4.69) is 6.92 Å². The summed E-state index contributed by atoms with van der Waals surface area (Å²) in [5.41, 5.74) is 0. The van der Waals surface area contributed by atoms with Gasteiger partial charge in [0.1, 0.15) is 0 Å². The largest absolute Gasteiger partial charge is 0.382 e. The van der Waals surface area contributed by atoms with Crippen molar-refractivity contribution in [2.24, 2.45) is 0 Å². The Bertz CT molecular complexity index is 165. The predicted octanol–water partition coefficient (Wildman–Crippen LogP) is 7.23. The third-order valence-corrected chi connectivity index (χ3v) is 4.38. The SMILES string of the molecule is CCOCCCCCCCCCCCCCCCCCCF. The van der Waals surface area contributed by atoms with E-state index in [1.54, 1.807) is 0 Å². The molecular formula is C20H41FO. The van der Waals surface area contributed by atoms with Crippen LogP contribution in [0, 0.1) is 0 Å². The van der Waals surface area contributed by atoms with E-state index in [0.29, 0.717) is 0 Å². The number of halogens is 1. The quantitative estimate of drug-likeness (QED) is 0.228. The minimum Gasteiger partial charge on any atom is -0.382 e. The van der Waals surface area contributed by atoms with Gasteiger partial charge < -0.3 is 4.74 Å². The molecule has 2 heteroatoms. The van der Waals surface area contributed by atoms with Crippen LogP contribution < -0.4 is 0 Å². The Morgan fingerprint density at radius 1 is 0.500 bits per heavy atom. The summed E-state index contributed by atoms with van der Waals surface area (Å²) < 4.78 is 17.2. The lowest BCUT2D eigenvalue weighted by molar-refractivity contribution is 0.143. The summed E-state index contributed by atoms with van der Waals surface area (Å²) in [6.07, 6.45) is 21.0. The second-order valence-electron chi connectivity index (χ2n) is 6.54. The predicted molar refractivity (Wildman–Crippen MR) is 96.3 cm³/mol. The maximum atomic E-state index is 11.9. The van der Waals surface area contributed by atoms with Crippen LogP contribution in [0.15, 0.2) is 0 Å². The molecule has 0 aromatic carbocycles. The molecule has 0 rings (SSSR count). The Kier molecular flexibility index (Phi) is 20.8. The lowest BCUT2D eigenvalue weighted by Gasteiger charge is -2.04. The third kappa shape index (κ3) is 19.9. The number of rotatable bonds is 19. The van der Waals surface area contributed by atoms with Crippen LogP contribution in [0.4, 0.5) is 4.39 Å². The zero-order valence-electron chi connectivity index (χ0n) is 15.2. The van der Waals surface area contributed by atoms with E-state index in [1.165, 1.54) is 89.9 Å². The Balaban J connectivity index is 2.91. The second-order valence-corrected chi connectivity index (χ2v) is 6.54. The van der Waals surface area contributed by atoms with E-state index >= 15 is 0 Å². The van der Waals surface area contributed by atoms with Crippen molar-refractivity contribution < 1.29 is 9.13 Å². The number of ether oxygens (including phenoxy) is 1. The average molecular weight is 317 g/mol. The molecule has 0 radical (unpaired) electrons. The molecule has 1 nitrogen and oxygen atoms in total. The van der Waals surface area contributed by atoms with Gasteiger partial charge in [-0.1, -0.05) is 89.9 Å². The van der Waals surface area contributed by atoms with Crippen molar-refractivity contribution in [1.29, 1.82) is 0 Å². The third-order valence-electron chi connectivity index (χ3n) is 4.38. The molecule has 0 atom stereocenters. The molecule has 0 N–H and O–H groups in total. The van der Waals surface area contributed by atoms with Gasteiger partial charge in [0.05, 0.1) is 6.67 Å². The molecule has 0 saturated carbocycles. The van der Waals surface area contributed by atoms with Gasteiger partial charge in [0, 0.05) is 13.2 Å². The van der Waals surface area contributed by atoms with E-state index in [-0.39, 0.29) is 6.67 Å². The summed E-state index contributed by atoms with van der Waals surface area (Å²) >= 11 is 0.